The number of carbonyl (C=O) groups is 8. The predicted octanol–water partition coefficient (Wildman–Crippen LogP) is 12.9. The molecule has 0 bridgehead atoms. The fourth-order valence-corrected chi connectivity index (χ4v) is 14.7. The van der Waals surface area contributed by atoms with Crippen molar-refractivity contribution in [3.05, 3.63) is 0 Å². The van der Waals surface area contributed by atoms with E-state index in [2.05, 4.69) is 62.8 Å². The third kappa shape index (κ3) is 81.3. The van der Waals surface area contributed by atoms with E-state index in [4.69, 9.17) is 37.0 Å². The van der Waals surface area contributed by atoms with Crippen molar-refractivity contribution in [1.29, 1.82) is 0 Å². The zero-order chi connectivity index (χ0) is 82.5. The Hall–Kier alpha value is -1.70. The molecule has 658 valence electrons. The van der Waals surface area contributed by atoms with Crippen LogP contribution in [0, 0.1) is 0 Å². The number of esters is 2. The van der Waals surface area contributed by atoms with Crippen LogP contribution in [0.3, 0.4) is 0 Å². The van der Waals surface area contributed by atoms with E-state index in [-0.39, 0.29) is 160 Å². The van der Waals surface area contributed by atoms with E-state index in [1.165, 1.54) is 116 Å². The molecule has 0 aliphatic heterocycles. The van der Waals surface area contributed by atoms with Crippen molar-refractivity contribution in [2.75, 3.05) is 65.9 Å². The summed E-state index contributed by atoms with van der Waals surface area (Å²) < 4.78 is 70.4. The van der Waals surface area contributed by atoms with Gasteiger partial charge in [-0.1, -0.05) is 298 Å². The van der Waals surface area contributed by atoms with E-state index in [1.807, 2.05) is 0 Å². The van der Waals surface area contributed by atoms with Crippen LogP contribution in [0.1, 0.15) is 414 Å². The number of phosphoric acid groups is 2. The van der Waals surface area contributed by atoms with Crippen LogP contribution in [0.5, 0.6) is 0 Å². The van der Waals surface area contributed by atoms with E-state index >= 15 is 0 Å². The minimum Gasteiger partial charge on any atom is -0.756 e. The first kappa shape index (κ1) is 116. The van der Waals surface area contributed by atoms with Crippen LogP contribution in [0.15, 0.2) is 0 Å². The van der Waals surface area contributed by atoms with Crippen LogP contribution in [-0.4, -0.2) is 137 Å². The quantitative estimate of drug-likeness (QED) is 0.0144. The maximum absolute atomic E-state index is 13.2. The zero-order valence-corrected chi connectivity index (χ0v) is 79.2. The summed E-state index contributed by atoms with van der Waals surface area (Å²) in [6, 6.07) is -2.04. The molecule has 24 nitrogen and oxygen atoms in total. The van der Waals surface area contributed by atoms with Gasteiger partial charge in [0.05, 0.1) is 77.8 Å². The maximum Gasteiger partial charge on any atom is 1.00 e. The fraction of sp³-hybridized carbons (Fsp3) is 0.907. The van der Waals surface area contributed by atoms with Crippen LogP contribution in [0.4, 0.5) is 0 Å². The largest absolute Gasteiger partial charge is 1.00 e. The van der Waals surface area contributed by atoms with Gasteiger partial charge in [-0.05, 0) is 51.4 Å². The first-order valence-electron chi connectivity index (χ1n) is 45.1. The van der Waals surface area contributed by atoms with Gasteiger partial charge in [0.15, 0.2) is 0 Å². The van der Waals surface area contributed by atoms with Crippen molar-refractivity contribution >= 4 is 62.8 Å². The van der Waals surface area contributed by atoms with E-state index in [1.54, 1.807) is 0 Å². The number of unbranched alkanes of at least 4 members (excludes halogenated alkanes) is 40. The Balaban J connectivity index is -0.0000616. The first-order valence-corrected chi connectivity index (χ1v) is 48.0. The van der Waals surface area contributed by atoms with Crippen molar-refractivity contribution in [2.45, 2.75) is 438 Å². The maximum atomic E-state index is 13.2. The van der Waals surface area contributed by atoms with Gasteiger partial charge in [-0.15, -0.1) is 0 Å². The van der Waals surface area contributed by atoms with Crippen LogP contribution in [-0.2, 0) is 84.5 Å². The van der Waals surface area contributed by atoms with Gasteiger partial charge in [-0.25, -0.2) is 0 Å². The topological polar surface area (TPSA) is 339 Å². The Morgan fingerprint density at radius 2 is 0.544 bits per heavy atom. The molecular formula is C86H162N4Na2O20P2. The van der Waals surface area contributed by atoms with E-state index in [0.29, 0.717) is 51.4 Å². The molecule has 0 aromatic heterocycles. The summed E-state index contributed by atoms with van der Waals surface area (Å²) in [5, 5.41) is 10.3. The third-order valence-electron chi connectivity index (χ3n) is 20.0. The van der Waals surface area contributed by atoms with Crippen molar-refractivity contribution in [3.63, 3.8) is 0 Å². The minimum atomic E-state index is -5.04. The van der Waals surface area contributed by atoms with E-state index < -0.39 is 90.6 Å². The molecule has 4 amide bonds. The number of hydrogen-bond donors (Lipinski definition) is 4. The minimum absolute atomic E-state index is 0. The van der Waals surface area contributed by atoms with Crippen LogP contribution < -0.4 is 90.2 Å². The predicted molar refractivity (Wildman–Crippen MR) is 442 cm³/mol. The molecule has 0 saturated heterocycles. The Labute approximate surface area is 736 Å². The Bertz CT molecular complexity index is 2270. The Morgan fingerprint density at radius 3 is 0.825 bits per heavy atom. The van der Waals surface area contributed by atoms with Gasteiger partial charge in [-0.2, -0.15) is 0 Å². The summed E-state index contributed by atoms with van der Waals surface area (Å²) >= 11 is 0. The zero-order valence-electron chi connectivity index (χ0n) is 73.5. The average molecular weight is 1680 g/mol. The summed E-state index contributed by atoms with van der Waals surface area (Å²) in [4.78, 5) is 130. The number of ether oxygens (including phenoxy) is 4. The molecule has 6 unspecified atom stereocenters. The molecule has 6 atom stereocenters. The SMILES string of the molecule is CCCCCCCCCCCC(=O)CC(=O)NC(COCCC(CCCCCCC)OC(=O)CCCCCCCCCCC)COP(=O)([O-])OCCNC(=O)CCC(=O)NCCOP(=O)([O-])OCC(COCCC(CCCCCCC)OC(=O)CCCCCCCCCCC)NC(=O)CC(=O)CCCCCCCCCCC.[Na+].[Na+]. The van der Waals surface area contributed by atoms with Gasteiger partial charge in [0.2, 0.25) is 23.6 Å². The van der Waals surface area contributed by atoms with Crippen molar-refractivity contribution in [2.24, 2.45) is 0 Å². The Morgan fingerprint density at radius 1 is 0.289 bits per heavy atom. The number of carbonyl (C=O) groups excluding carboxylic acids is 8. The van der Waals surface area contributed by atoms with Gasteiger partial charge >= 0.3 is 71.1 Å². The van der Waals surface area contributed by atoms with Crippen molar-refractivity contribution < 1.29 is 153 Å². The summed E-state index contributed by atoms with van der Waals surface area (Å²) in [5.74, 6) is -3.44. The number of Topliss-reactive ketones (excluding diaryl/α,β-unsaturated/α-hetero) is 2. The molecule has 4 N–H and O–H groups in total. The van der Waals surface area contributed by atoms with Gasteiger partial charge in [0, 0.05) is 64.5 Å². The van der Waals surface area contributed by atoms with E-state index in [0.717, 1.165) is 167 Å². The fourth-order valence-electron chi connectivity index (χ4n) is 13.2. The second kappa shape index (κ2) is 84.9. The van der Waals surface area contributed by atoms with Crippen LogP contribution in [0.25, 0.3) is 0 Å². The van der Waals surface area contributed by atoms with Gasteiger partial charge in [0.1, 0.15) is 23.8 Å². The van der Waals surface area contributed by atoms with Gasteiger partial charge < -0.3 is 68.1 Å². The molecule has 0 saturated carbocycles. The molecule has 0 radical (unpaired) electrons. The molecule has 0 spiro atoms. The monoisotopic (exact) mass is 1680 g/mol. The second-order valence-electron chi connectivity index (χ2n) is 31.0. The molecule has 0 aromatic carbocycles. The average Bonchev–Trinajstić information content (AvgIpc) is 0.913. The molecule has 0 aromatic rings. The summed E-state index contributed by atoms with van der Waals surface area (Å²) in [6.07, 6.45) is 51.2. The molecule has 0 fully saturated rings. The summed E-state index contributed by atoms with van der Waals surface area (Å²) in [7, 11) is -10.1. The number of amides is 4. The molecular weight excluding hydrogens is 1520 g/mol. The standard InChI is InChI=1S/C86H164N4O20P2.2Na/c1-7-13-19-25-29-33-37-43-47-53-77(91)69-83(95)89-75(71-103-65-61-79(55-49-41-23-17-11-5)109-85(97)57-51-45-39-35-31-27-21-15-9-3)73-107-111(99,100)105-67-63-87-81(93)59-60-82(94)88-64-68-106-112(101,102)108-74-76(90-84(96)70-78(92)54-48-44-38-34-30-26-20-14-8-2)72-104-66-62-80(56-50-42-24-18-12-6)110-86(98)58-52-46-40-36-32-28-22-16-10-4;;/h75-76,79-80H,7-74H2,1-6H3,(H,87,93)(H,88,94)(H,89,95)(H,90,96)(H,99,100)(H,101,102);;/q;2*+1/p-2. The second-order valence-corrected chi connectivity index (χ2v) is 33.8. The molecule has 114 heavy (non-hydrogen) atoms. The number of hydrogen-bond acceptors (Lipinski definition) is 20. The van der Waals surface area contributed by atoms with Crippen molar-refractivity contribution in [3.8, 4) is 0 Å². The molecule has 0 aliphatic carbocycles. The number of nitrogens with one attached hydrogen (secondary N) is 4. The molecule has 0 heterocycles. The van der Waals surface area contributed by atoms with Crippen molar-refractivity contribution in [1.82, 2.24) is 21.3 Å². The van der Waals surface area contributed by atoms with Gasteiger partial charge in [0.25, 0.3) is 15.6 Å². The van der Waals surface area contributed by atoms with Crippen LogP contribution in [0.2, 0.25) is 0 Å². The summed E-state index contributed by atoms with van der Waals surface area (Å²) in [5.41, 5.74) is 0. The Kier molecular flexibility index (Phi) is 86.7. The smallest absolute Gasteiger partial charge is 0.756 e. The van der Waals surface area contributed by atoms with E-state index in [9.17, 15) is 57.3 Å². The number of phosphoric ester groups is 2. The normalized spacial score (nSPS) is 13.4. The third-order valence-corrected chi connectivity index (χ3v) is 21.9. The molecule has 0 aliphatic rings. The van der Waals surface area contributed by atoms with Gasteiger partial charge in [-0.3, -0.25) is 47.5 Å². The molecule has 0 rings (SSSR count). The first-order chi connectivity index (χ1) is 54.2. The van der Waals surface area contributed by atoms with Crippen LogP contribution >= 0.6 is 15.6 Å². The summed E-state index contributed by atoms with van der Waals surface area (Å²) in [6.45, 7) is 10.1. The number of rotatable bonds is 87. The number of ketones is 2. The molecule has 28 heteroatoms.